The van der Waals surface area contributed by atoms with Crippen molar-refractivity contribution in [2.24, 2.45) is 0 Å². The molecule has 2 fully saturated rings. The van der Waals surface area contributed by atoms with Crippen molar-refractivity contribution in [3.05, 3.63) is 54.4 Å². The molecule has 1 saturated carbocycles. The van der Waals surface area contributed by atoms with Crippen LogP contribution in [0, 0.1) is 5.82 Å². The molecule has 10 nitrogen and oxygen atoms in total. The monoisotopic (exact) mass is 526 g/mol. The molecule has 12 heteroatoms. The first kappa shape index (κ1) is 25.2. The summed E-state index contributed by atoms with van der Waals surface area (Å²) in [7, 11) is -1.27. The third-order valence-electron chi connectivity index (χ3n) is 6.36. The van der Waals surface area contributed by atoms with Crippen molar-refractivity contribution in [1.29, 1.82) is 0 Å². The molecule has 194 valence electrons. The van der Waals surface area contributed by atoms with Gasteiger partial charge in [0.15, 0.2) is 0 Å². The van der Waals surface area contributed by atoms with Crippen LogP contribution in [0.4, 0.5) is 16.0 Å². The first-order valence-corrected chi connectivity index (χ1v) is 13.3. The van der Waals surface area contributed by atoms with Gasteiger partial charge in [-0.3, -0.25) is 14.5 Å². The van der Waals surface area contributed by atoms with E-state index in [9.17, 15) is 9.00 Å². The van der Waals surface area contributed by atoms with Crippen molar-refractivity contribution in [3.8, 4) is 17.1 Å². The SMILES string of the molecule is CCOc1cncc(-c2ccc(NC(=O)C3(c4ccnc(NS(=O)C5CC5)n4)CCOCC3)c(F)c2)n1. The van der Waals surface area contributed by atoms with Gasteiger partial charge < -0.3 is 14.8 Å². The average molecular weight is 527 g/mol. The van der Waals surface area contributed by atoms with E-state index in [4.69, 9.17) is 9.47 Å². The molecule has 37 heavy (non-hydrogen) atoms. The van der Waals surface area contributed by atoms with Crippen molar-refractivity contribution in [2.45, 2.75) is 43.3 Å². The van der Waals surface area contributed by atoms with E-state index in [2.05, 4.69) is 30.0 Å². The maximum Gasteiger partial charge on any atom is 0.236 e. The van der Waals surface area contributed by atoms with Crippen LogP contribution >= 0.6 is 0 Å². The Morgan fingerprint density at radius 3 is 2.76 bits per heavy atom. The molecule has 1 amide bonds. The normalized spacial score (nSPS) is 17.6. The lowest BCUT2D eigenvalue weighted by atomic mass is 9.76. The number of aromatic nitrogens is 4. The molecule has 0 bridgehead atoms. The quantitative estimate of drug-likeness (QED) is 0.434. The topological polar surface area (TPSA) is 128 Å². The Morgan fingerprint density at radius 1 is 1.22 bits per heavy atom. The number of hydrogen-bond donors (Lipinski definition) is 2. The Hall–Kier alpha value is -3.51. The van der Waals surface area contributed by atoms with Crippen LogP contribution < -0.4 is 14.8 Å². The molecule has 5 rings (SSSR count). The molecule has 2 N–H and O–H groups in total. The van der Waals surface area contributed by atoms with E-state index in [1.165, 1.54) is 30.7 Å². The van der Waals surface area contributed by atoms with Gasteiger partial charge in [0.2, 0.25) is 17.7 Å². The second-order valence-electron chi connectivity index (χ2n) is 8.88. The molecule has 0 radical (unpaired) electrons. The smallest absolute Gasteiger partial charge is 0.236 e. The maximum absolute atomic E-state index is 15.1. The van der Waals surface area contributed by atoms with Crippen LogP contribution in [-0.4, -0.2) is 55.1 Å². The summed E-state index contributed by atoms with van der Waals surface area (Å²) in [5.41, 5.74) is 0.407. The van der Waals surface area contributed by atoms with Gasteiger partial charge in [0.05, 0.1) is 46.7 Å². The average Bonchev–Trinajstić information content (AvgIpc) is 3.77. The van der Waals surface area contributed by atoms with Gasteiger partial charge in [-0.05, 0) is 50.8 Å². The van der Waals surface area contributed by atoms with E-state index in [1.807, 2.05) is 6.92 Å². The summed E-state index contributed by atoms with van der Waals surface area (Å²) in [5.74, 6) is -0.457. The summed E-state index contributed by atoms with van der Waals surface area (Å²) in [6.07, 6.45) is 7.06. The summed E-state index contributed by atoms with van der Waals surface area (Å²) in [5, 5.41) is 2.85. The fraction of sp³-hybridized carbons (Fsp3) is 0.400. The molecule has 2 aliphatic rings. The second-order valence-corrected chi connectivity index (χ2v) is 10.3. The number of carbonyl (C=O) groups excluding carboxylic acids is 1. The first-order chi connectivity index (χ1) is 18.0. The Bertz CT molecular complexity index is 1320. The standard InChI is InChI=1S/C25H27FN6O4S/c1-2-36-22-15-27-14-20(29-22)16-3-6-19(18(26)13-16)30-23(33)25(8-11-35-12-9-25)21-7-10-28-24(31-21)32-37(34)17-4-5-17/h3,6-7,10,13-15,17H,2,4-5,8-9,11-12H2,1H3,(H,30,33)(H,28,31,32). The van der Waals surface area contributed by atoms with E-state index < -0.39 is 28.1 Å². The highest BCUT2D eigenvalue weighted by molar-refractivity contribution is 7.87. The predicted octanol–water partition coefficient (Wildman–Crippen LogP) is 3.40. The van der Waals surface area contributed by atoms with Gasteiger partial charge >= 0.3 is 0 Å². The number of carbonyl (C=O) groups is 1. The lowest BCUT2D eigenvalue weighted by Crippen LogP contribution is -2.45. The highest BCUT2D eigenvalue weighted by Gasteiger charge is 2.43. The van der Waals surface area contributed by atoms with E-state index in [0.29, 0.717) is 55.5 Å². The highest BCUT2D eigenvalue weighted by Crippen LogP contribution is 2.36. The number of nitrogens with zero attached hydrogens (tertiary/aromatic N) is 4. The maximum atomic E-state index is 15.1. The number of benzene rings is 1. The molecule has 2 aromatic heterocycles. The summed E-state index contributed by atoms with van der Waals surface area (Å²) in [6.45, 7) is 2.98. The minimum atomic E-state index is -1.27. The van der Waals surface area contributed by atoms with Crippen LogP contribution in [0.3, 0.4) is 0 Å². The van der Waals surface area contributed by atoms with E-state index >= 15 is 4.39 Å². The zero-order valence-corrected chi connectivity index (χ0v) is 21.1. The molecular weight excluding hydrogens is 499 g/mol. The van der Waals surface area contributed by atoms with Crippen molar-refractivity contribution in [3.63, 3.8) is 0 Å². The Labute approximate surface area is 216 Å². The van der Waals surface area contributed by atoms with Crippen LogP contribution in [0.15, 0.2) is 42.9 Å². The molecule has 1 atom stereocenters. The minimum Gasteiger partial charge on any atom is -0.477 e. The highest BCUT2D eigenvalue weighted by atomic mass is 32.2. The fourth-order valence-corrected chi connectivity index (χ4v) is 5.18. The summed E-state index contributed by atoms with van der Waals surface area (Å²) < 4.78 is 41.2. The van der Waals surface area contributed by atoms with E-state index in [-0.39, 0.29) is 16.9 Å². The van der Waals surface area contributed by atoms with Gasteiger partial charge in [-0.1, -0.05) is 6.07 Å². The Morgan fingerprint density at radius 2 is 2.03 bits per heavy atom. The fourth-order valence-electron chi connectivity index (χ4n) is 4.17. The van der Waals surface area contributed by atoms with Gasteiger partial charge in [0.25, 0.3) is 0 Å². The van der Waals surface area contributed by atoms with Crippen LogP contribution in [0.1, 0.15) is 38.3 Å². The Kier molecular flexibility index (Phi) is 7.38. The van der Waals surface area contributed by atoms with Crippen molar-refractivity contribution >= 4 is 28.5 Å². The molecule has 1 aromatic carbocycles. The predicted molar refractivity (Wildman–Crippen MR) is 136 cm³/mol. The molecule has 0 spiro atoms. The zero-order valence-electron chi connectivity index (χ0n) is 20.3. The zero-order chi connectivity index (χ0) is 25.8. The number of ether oxygens (including phenoxy) is 2. The molecule has 3 aromatic rings. The molecule has 1 saturated heterocycles. The van der Waals surface area contributed by atoms with Crippen LogP contribution in [0.2, 0.25) is 0 Å². The lowest BCUT2D eigenvalue weighted by Gasteiger charge is -2.35. The molecule has 3 heterocycles. The molecule has 1 unspecified atom stereocenters. The number of hydrogen-bond acceptors (Lipinski definition) is 8. The molecule has 1 aliphatic carbocycles. The Balaban J connectivity index is 1.38. The summed E-state index contributed by atoms with van der Waals surface area (Å²) >= 11 is 0. The van der Waals surface area contributed by atoms with Gasteiger partial charge in [0.1, 0.15) is 16.8 Å². The van der Waals surface area contributed by atoms with E-state index in [0.717, 1.165) is 12.8 Å². The van der Waals surface area contributed by atoms with Gasteiger partial charge in [0, 0.05) is 25.0 Å². The van der Waals surface area contributed by atoms with Gasteiger partial charge in [-0.25, -0.2) is 23.6 Å². The number of amides is 1. The summed E-state index contributed by atoms with van der Waals surface area (Å²) in [4.78, 5) is 30.8. The van der Waals surface area contributed by atoms with E-state index in [1.54, 1.807) is 12.1 Å². The van der Waals surface area contributed by atoms with Gasteiger partial charge in [-0.15, -0.1) is 0 Å². The molecule has 1 aliphatic heterocycles. The summed E-state index contributed by atoms with van der Waals surface area (Å²) in [6, 6.07) is 6.12. The number of rotatable bonds is 9. The van der Waals surface area contributed by atoms with Crippen LogP contribution in [0.25, 0.3) is 11.3 Å². The first-order valence-electron chi connectivity index (χ1n) is 12.1. The third kappa shape index (κ3) is 5.59. The lowest BCUT2D eigenvalue weighted by molar-refractivity contribution is -0.125. The number of halogens is 1. The van der Waals surface area contributed by atoms with Crippen molar-refractivity contribution in [2.75, 3.05) is 29.9 Å². The van der Waals surface area contributed by atoms with Crippen molar-refractivity contribution < 1.29 is 22.9 Å². The van der Waals surface area contributed by atoms with Crippen molar-refractivity contribution in [1.82, 2.24) is 19.9 Å². The van der Waals surface area contributed by atoms with Crippen LogP contribution in [-0.2, 0) is 25.9 Å². The largest absolute Gasteiger partial charge is 0.477 e. The van der Waals surface area contributed by atoms with Crippen LogP contribution in [0.5, 0.6) is 5.88 Å². The number of nitrogens with one attached hydrogen (secondary N) is 2. The third-order valence-corrected chi connectivity index (χ3v) is 7.82. The second kappa shape index (κ2) is 10.9. The molecular formula is C25H27FN6O4S. The van der Waals surface area contributed by atoms with Gasteiger partial charge in [-0.2, -0.15) is 0 Å². The minimum absolute atomic E-state index is 0.0378. The number of anilines is 2.